The summed E-state index contributed by atoms with van der Waals surface area (Å²) in [6.07, 6.45) is 19.6. The SMILES string of the molecule is BC1CC(C2CCC(CC3CCC(CC)CC3)CC2)CC(CC)C1S. The van der Waals surface area contributed by atoms with E-state index in [0.717, 1.165) is 41.3 Å². The van der Waals surface area contributed by atoms with E-state index >= 15 is 0 Å². The predicted molar refractivity (Wildman–Crippen MR) is 117 cm³/mol. The standard InChI is InChI=1S/C23H43BS/c1-3-16-5-7-17(8-6-16)13-18-9-11-20(12-10-18)21-14-19(4-2)23(25)22(24)15-21/h16-23,25H,3-15,24H2,1-2H3. The van der Waals surface area contributed by atoms with Gasteiger partial charge >= 0.3 is 0 Å². The van der Waals surface area contributed by atoms with Crippen LogP contribution in [0.5, 0.6) is 0 Å². The van der Waals surface area contributed by atoms with Crippen molar-refractivity contribution in [2.75, 3.05) is 0 Å². The lowest BCUT2D eigenvalue weighted by Crippen LogP contribution is -2.35. The highest BCUT2D eigenvalue weighted by Gasteiger charge is 2.37. The Hall–Kier alpha value is 0.415. The third-order valence-corrected chi connectivity index (χ3v) is 9.57. The van der Waals surface area contributed by atoms with Crippen LogP contribution in [0, 0.1) is 35.5 Å². The maximum absolute atomic E-state index is 4.94. The van der Waals surface area contributed by atoms with Crippen LogP contribution in [0.1, 0.15) is 97.3 Å². The highest BCUT2D eigenvalue weighted by Crippen LogP contribution is 2.48. The van der Waals surface area contributed by atoms with Crippen molar-refractivity contribution in [1.29, 1.82) is 0 Å². The van der Waals surface area contributed by atoms with E-state index in [9.17, 15) is 0 Å². The smallest absolute Gasteiger partial charge is 0.106 e. The van der Waals surface area contributed by atoms with E-state index in [0.29, 0.717) is 5.25 Å². The molecule has 0 aromatic carbocycles. The summed E-state index contributed by atoms with van der Waals surface area (Å²) in [5.41, 5.74) is 0. The van der Waals surface area contributed by atoms with E-state index < -0.39 is 0 Å². The molecule has 0 bridgehead atoms. The highest BCUT2D eigenvalue weighted by molar-refractivity contribution is 7.81. The summed E-state index contributed by atoms with van der Waals surface area (Å²) in [7, 11) is 2.46. The van der Waals surface area contributed by atoms with Crippen LogP contribution in [-0.2, 0) is 0 Å². The van der Waals surface area contributed by atoms with Gasteiger partial charge in [0.25, 0.3) is 0 Å². The molecular formula is C23H43BS. The molecule has 4 unspecified atom stereocenters. The van der Waals surface area contributed by atoms with Crippen molar-refractivity contribution < 1.29 is 0 Å². The van der Waals surface area contributed by atoms with Crippen molar-refractivity contribution in [3.05, 3.63) is 0 Å². The lowest BCUT2D eigenvalue weighted by atomic mass is 9.60. The first-order valence-corrected chi connectivity index (χ1v) is 12.3. The lowest BCUT2D eigenvalue weighted by Gasteiger charge is -2.44. The maximum atomic E-state index is 4.94. The summed E-state index contributed by atoms with van der Waals surface area (Å²) in [6.45, 7) is 4.77. The molecule has 0 nitrogen and oxygen atoms in total. The van der Waals surface area contributed by atoms with Gasteiger partial charge in [0, 0.05) is 5.25 Å². The molecule has 0 radical (unpaired) electrons. The molecule has 2 heteroatoms. The average Bonchev–Trinajstić information content (AvgIpc) is 2.65. The first kappa shape index (κ1) is 20.2. The molecule has 0 spiro atoms. The molecule has 3 saturated carbocycles. The zero-order chi connectivity index (χ0) is 17.8. The normalized spacial score (nSPS) is 46.0. The molecule has 0 heterocycles. The van der Waals surface area contributed by atoms with Gasteiger partial charge in [-0.2, -0.15) is 12.6 Å². The van der Waals surface area contributed by atoms with E-state index in [-0.39, 0.29) is 0 Å². The predicted octanol–water partition coefficient (Wildman–Crippen LogP) is 6.56. The quantitative estimate of drug-likeness (QED) is 0.416. The molecule has 25 heavy (non-hydrogen) atoms. The Morgan fingerprint density at radius 2 is 1.28 bits per heavy atom. The van der Waals surface area contributed by atoms with Crippen LogP contribution in [0.4, 0.5) is 0 Å². The van der Waals surface area contributed by atoms with Gasteiger partial charge in [-0.1, -0.05) is 77.5 Å². The van der Waals surface area contributed by atoms with E-state index in [4.69, 9.17) is 12.6 Å². The van der Waals surface area contributed by atoms with Gasteiger partial charge in [0.15, 0.2) is 0 Å². The number of hydrogen-bond donors (Lipinski definition) is 1. The molecule has 0 aliphatic heterocycles. The molecule has 0 N–H and O–H groups in total. The minimum Gasteiger partial charge on any atom is -0.176 e. The number of hydrogen-bond acceptors (Lipinski definition) is 1. The van der Waals surface area contributed by atoms with Crippen molar-refractivity contribution in [2.24, 2.45) is 35.5 Å². The molecule has 144 valence electrons. The van der Waals surface area contributed by atoms with Gasteiger partial charge in [0.1, 0.15) is 7.85 Å². The van der Waals surface area contributed by atoms with Crippen molar-refractivity contribution in [3.8, 4) is 0 Å². The molecule has 4 atom stereocenters. The fourth-order valence-electron chi connectivity index (χ4n) is 6.74. The van der Waals surface area contributed by atoms with Crippen molar-refractivity contribution in [2.45, 2.75) is 108 Å². The van der Waals surface area contributed by atoms with Gasteiger partial charge in [-0.25, -0.2) is 0 Å². The van der Waals surface area contributed by atoms with Crippen molar-refractivity contribution in [1.82, 2.24) is 0 Å². The maximum Gasteiger partial charge on any atom is 0.106 e. The third-order valence-electron chi connectivity index (χ3n) is 8.64. The summed E-state index contributed by atoms with van der Waals surface area (Å²) in [6, 6.07) is 0. The molecule has 0 saturated heterocycles. The second-order valence-corrected chi connectivity index (χ2v) is 10.8. The summed E-state index contributed by atoms with van der Waals surface area (Å²) < 4.78 is 0. The summed E-state index contributed by atoms with van der Waals surface area (Å²) in [4.78, 5) is 0. The summed E-state index contributed by atoms with van der Waals surface area (Å²) in [5, 5.41) is 0.663. The second kappa shape index (κ2) is 9.56. The zero-order valence-electron chi connectivity index (χ0n) is 17.3. The Bertz CT molecular complexity index is 382. The molecule has 0 amide bonds. The van der Waals surface area contributed by atoms with Crippen molar-refractivity contribution in [3.63, 3.8) is 0 Å². The Morgan fingerprint density at radius 3 is 1.84 bits per heavy atom. The van der Waals surface area contributed by atoms with E-state index in [1.165, 1.54) is 38.5 Å². The van der Waals surface area contributed by atoms with Crippen LogP contribution in [0.15, 0.2) is 0 Å². The molecule has 3 aliphatic carbocycles. The Morgan fingerprint density at radius 1 is 0.720 bits per heavy atom. The van der Waals surface area contributed by atoms with Crippen LogP contribution in [0.2, 0.25) is 5.82 Å². The topological polar surface area (TPSA) is 0 Å². The molecule has 3 fully saturated rings. The minimum absolute atomic E-state index is 0.663. The van der Waals surface area contributed by atoms with Crippen LogP contribution < -0.4 is 0 Å². The monoisotopic (exact) mass is 362 g/mol. The van der Waals surface area contributed by atoms with Gasteiger partial charge in [-0.15, -0.1) is 0 Å². The third kappa shape index (κ3) is 5.23. The fourth-order valence-corrected chi connectivity index (χ4v) is 7.20. The number of rotatable bonds is 5. The summed E-state index contributed by atoms with van der Waals surface area (Å²) >= 11 is 4.94. The molecule has 3 aliphatic rings. The lowest BCUT2D eigenvalue weighted by molar-refractivity contribution is 0.126. The molecule has 0 aromatic heterocycles. The van der Waals surface area contributed by atoms with E-state index in [1.54, 1.807) is 44.9 Å². The summed E-state index contributed by atoms with van der Waals surface area (Å²) in [5.74, 6) is 6.98. The van der Waals surface area contributed by atoms with E-state index in [1.807, 2.05) is 0 Å². The highest BCUT2D eigenvalue weighted by atomic mass is 32.1. The molecule has 0 aromatic rings. The van der Waals surface area contributed by atoms with Gasteiger partial charge in [-0.3, -0.25) is 0 Å². The fraction of sp³-hybridized carbons (Fsp3) is 1.00. The largest absolute Gasteiger partial charge is 0.176 e. The number of thiol groups is 1. The van der Waals surface area contributed by atoms with Crippen LogP contribution in [-0.4, -0.2) is 13.1 Å². The zero-order valence-corrected chi connectivity index (χ0v) is 18.2. The van der Waals surface area contributed by atoms with Gasteiger partial charge in [-0.05, 0) is 61.2 Å². The first-order valence-electron chi connectivity index (χ1n) is 11.8. The van der Waals surface area contributed by atoms with E-state index in [2.05, 4.69) is 21.7 Å². The molecule has 3 rings (SSSR count). The van der Waals surface area contributed by atoms with Gasteiger partial charge in [0.05, 0.1) is 0 Å². The molecular weight excluding hydrogens is 319 g/mol. The second-order valence-electron chi connectivity index (χ2n) is 10.2. The Kier molecular flexibility index (Phi) is 7.71. The van der Waals surface area contributed by atoms with Crippen LogP contribution >= 0.6 is 12.6 Å². The van der Waals surface area contributed by atoms with Crippen LogP contribution in [0.3, 0.4) is 0 Å². The average molecular weight is 362 g/mol. The van der Waals surface area contributed by atoms with Gasteiger partial charge in [0.2, 0.25) is 0 Å². The Balaban J connectivity index is 1.41. The van der Waals surface area contributed by atoms with Crippen LogP contribution in [0.25, 0.3) is 0 Å². The minimum atomic E-state index is 0.663. The Labute approximate surface area is 164 Å². The van der Waals surface area contributed by atoms with Gasteiger partial charge < -0.3 is 0 Å². The van der Waals surface area contributed by atoms with Crippen molar-refractivity contribution >= 4 is 20.5 Å². The first-order chi connectivity index (χ1) is 12.1.